The van der Waals surface area contributed by atoms with E-state index in [1.807, 2.05) is 0 Å². The van der Waals surface area contributed by atoms with Crippen LogP contribution in [-0.2, 0) is 9.53 Å². The quantitative estimate of drug-likeness (QED) is 0.450. The van der Waals surface area contributed by atoms with Gasteiger partial charge in [-0.1, -0.05) is 25.8 Å². The minimum absolute atomic E-state index is 0.0975. The lowest BCUT2D eigenvalue weighted by Gasteiger charge is -2.18. The van der Waals surface area contributed by atoms with Gasteiger partial charge >= 0.3 is 5.97 Å². The molecule has 2 nitrogen and oxygen atoms in total. The lowest BCUT2D eigenvalue weighted by molar-refractivity contribution is -0.143. The van der Waals surface area contributed by atoms with Crippen LogP contribution in [0.3, 0.4) is 0 Å². The molecule has 0 radical (unpaired) electrons. The summed E-state index contributed by atoms with van der Waals surface area (Å²) in [6.45, 7) is 3.35. The Morgan fingerprint density at radius 2 is 2.00 bits per heavy atom. The van der Waals surface area contributed by atoms with Gasteiger partial charge in [0.1, 0.15) is 0 Å². The summed E-state index contributed by atoms with van der Waals surface area (Å²) in [4.78, 5) is 11.1. The molecule has 0 bridgehead atoms. The van der Waals surface area contributed by atoms with Gasteiger partial charge in [-0.25, -0.2) is 0 Å². The molecule has 1 saturated carbocycles. The normalized spacial score (nSPS) is 19.3. The maximum absolute atomic E-state index is 11.1. The zero-order chi connectivity index (χ0) is 8.10. The molecule has 0 aromatic carbocycles. The fraction of sp³-hybridized carbons (Fsp3) is 0.667. The number of hydrogen-bond acceptors (Lipinski definition) is 2. The summed E-state index contributed by atoms with van der Waals surface area (Å²) < 4.78 is 4.71. The number of ether oxygens (including phenoxy) is 1. The van der Waals surface area contributed by atoms with Crippen LogP contribution >= 0.6 is 0 Å². The minimum atomic E-state index is -0.0975. The predicted molar refractivity (Wildman–Crippen MR) is 42.9 cm³/mol. The van der Waals surface area contributed by atoms with Crippen molar-refractivity contribution in [2.75, 3.05) is 0 Å². The second kappa shape index (κ2) is 4.16. The lowest BCUT2D eigenvalue weighted by atomic mass is 9.89. The molecular formula is C9H14O2. The van der Waals surface area contributed by atoms with Crippen LogP contribution in [0, 0.1) is 5.92 Å². The Bertz CT molecular complexity index is 146. The van der Waals surface area contributed by atoms with Crippen molar-refractivity contribution in [3.05, 3.63) is 12.8 Å². The molecule has 0 aliphatic heterocycles. The van der Waals surface area contributed by atoms with E-state index < -0.39 is 0 Å². The van der Waals surface area contributed by atoms with E-state index >= 15 is 0 Å². The molecule has 0 atom stereocenters. The third-order valence-electron chi connectivity index (χ3n) is 2.14. The van der Waals surface area contributed by atoms with Gasteiger partial charge in [0.15, 0.2) is 0 Å². The van der Waals surface area contributed by atoms with Crippen LogP contribution in [0.1, 0.15) is 32.1 Å². The van der Waals surface area contributed by atoms with Gasteiger partial charge < -0.3 is 4.74 Å². The SMILES string of the molecule is C=COC(=O)C1CCCCC1. The van der Waals surface area contributed by atoms with Crippen molar-refractivity contribution >= 4 is 5.97 Å². The molecule has 1 aliphatic carbocycles. The molecule has 0 saturated heterocycles. The maximum Gasteiger partial charge on any atom is 0.313 e. The maximum atomic E-state index is 11.1. The second-order valence-electron chi connectivity index (χ2n) is 2.94. The predicted octanol–water partition coefficient (Wildman–Crippen LogP) is 2.25. The molecule has 11 heavy (non-hydrogen) atoms. The Labute approximate surface area is 67.2 Å². The Hall–Kier alpha value is -0.790. The Morgan fingerprint density at radius 3 is 2.55 bits per heavy atom. The van der Waals surface area contributed by atoms with Crippen molar-refractivity contribution in [3.8, 4) is 0 Å². The van der Waals surface area contributed by atoms with Gasteiger partial charge in [-0.2, -0.15) is 0 Å². The van der Waals surface area contributed by atoms with Crippen molar-refractivity contribution in [3.63, 3.8) is 0 Å². The number of carbonyl (C=O) groups is 1. The van der Waals surface area contributed by atoms with Gasteiger partial charge in [0.25, 0.3) is 0 Å². The van der Waals surface area contributed by atoms with E-state index in [2.05, 4.69) is 6.58 Å². The van der Waals surface area contributed by atoms with Crippen molar-refractivity contribution in [2.24, 2.45) is 5.92 Å². The zero-order valence-electron chi connectivity index (χ0n) is 6.71. The number of esters is 1. The van der Waals surface area contributed by atoms with E-state index in [9.17, 15) is 4.79 Å². The van der Waals surface area contributed by atoms with Crippen molar-refractivity contribution in [1.29, 1.82) is 0 Å². The monoisotopic (exact) mass is 154 g/mol. The number of carbonyl (C=O) groups excluding carboxylic acids is 1. The summed E-state index contributed by atoms with van der Waals surface area (Å²) >= 11 is 0. The summed E-state index contributed by atoms with van der Waals surface area (Å²) in [5.74, 6) is 0.0430. The molecule has 1 rings (SSSR count). The molecular weight excluding hydrogens is 140 g/mol. The average Bonchev–Trinajstić information content (AvgIpc) is 2.07. The van der Waals surface area contributed by atoms with Gasteiger partial charge in [-0.05, 0) is 12.8 Å². The standard InChI is InChI=1S/C9H14O2/c1-2-11-9(10)8-6-4-3-5-7-8/h2,8H,1,3-7H2. The first kappa shape index (κ1) is 8.31. The average molecular weight is 154 g/mol. The van der Waals surface area contributed by atoms with Gasteiger partial charge in [0.05, 0.1) is 12.2 Å². The van der Waals surface area contributed by atoms with Crippen LogP contribution in [0.4, 0.5) is 0 Å². The number of rotatable bonds is 2. The van der Waals surface area contributed by atoms with Gasteiger partial charge in [0, 0.05) is 0 Å². The minimum Gasteiger partial charge on any atom is -0.435 e. The Balaban J connectivity index is 2.32. The Morgan fingerprint density at radius 1 is 1.36 bits per heavy atom. The molecule has 0 aromatic rings. The molecule has 1 fully saturated rings. The first-order chi connectivity index (χ1) is 5.34. The molecule has 62 valence electrons. The smallest absolute Gasteiger partial charge is 0.313 e. The highest BCUT2D eigenvalue weighted by atomic mass is 16.5. The van der Waals surface area contributed by atoms with Crippen molar-refractivity contribution in [1.82, 2.24) is 0 Å². The third-order valence-corrected chi connectivity index (χ3v) is 2.14. The molecule has 0 aromatic heterocycles. The highest BCUT2D eigenvalue weighted by Gasteiger charge is 2.21. The Kier molecular flexibility index (Phi) is 3.14. The van der Waals surface area contributed by atoms with Crippen LogP contribution in [0.25, 0.3) is 0 Å². The summed E-state index contributed by atoms with van der Waals surface area (Å²) in [7, 11) is 0. The van der Waals surface area contributed by atoms with Crippen LogP contribution in [0.5, 0.6) is 0 Å². The van der Waals surface area contributed by atoms with Crippen LogP contribution in [0.15, 0.2) is 12.8 Å². The molecule has 0 spiro atoms. The van der Waals surface area contributed by atoms with Crippen LogP contribution in [0.2, 0.25) is 0 Å². The fourth-order valence-electron chi connectivity index (χ4n) is 1.52. The topological polar surface area (TPSA) is 26.3 Å². The van der Waals surface area contributed by atoms with Crippen molar-refractivity contribution in [2.45, 2.75) is 32.1 Å². The fourth-order valence-corrected chi connectivity index (χ4v) is 1.52. The molecule has 0 unspecified atom stereocenters. The first-order valence-corrected chi connectivity index (χ1v) is 4.16. The van der Waals surface area contributed by atoms with Gasteiger partial charge in [0.2, 0.25) is 0 Å². The molecule has 0 N–H and O–H groups in total. The molecule has 0 amide bonds. The molecule has 2 heteroatoms. The summed E-state index contributed by atoms with van der Waals surface area (Å²) in [6.07, 6.45) is 6.79. The van der Waals surface area contributed by atoms with E-state index in [0.717, 1.165) is 25.7 Å². The van der Waals surface area contributed by atoms with E-state index in [4.69, 9.17) is 4.74 Å². The number of hydrogen-bond donors (Lipinski definition) is 0. The first-order valence-electron chi connectivity index (χ1n) is 4.16. The van der Waals surface area contributed by atoms with Crippen LogP contribution in [-0.4, -0.2) is 5.97 Å². The molecule has 1 aliphatic rings. The third kappa shape index (κ3) is 2.37. The van der Waals surface area contributed by atoms with Gasteiger partial charge in [-0.15, -0.1) is 0 Å². The lowest BCUT2D eigenvalue weighted by Crippen LogP contribution is -2.18. The summed E-state index contributed by atoms with van der Waals surface area (Å²) in [5.41, 5.74) is 0. The largest absolute Gasteiger partial charge is 0.435 e. The summed E-state index contributed by atoms with van der Waals surface area (Å²) in [5, 5.41) is 0. The van der Waals surface area contributed by atoms with Crippen molar-refractivity contribution < 1.29 is 9.53 Å². The van der Waals surface area contributed by atoms with Gasteiger partial charge in [-0.3, -0.25) is 4.79 Å². The van der Waals surface area contributed by atoms with E-state index in [-0.39, 0.29) is 11.9 Å². The van der Waals surface area contributed by atoms with E-state index in [0.29, 0.717) is 0 Å². The highest BCUT2D eigenvalue weighted by Crippen LogP contribution is 2.24. The van der Waals surface area contributed by atoms with E-state index in [1.165, 1.54) is 12.7 Å². The summed E-state index contributed by atoms with van der Waals surface area (Å²) in [6, 6.07) is 0. The highest BCUT2D eigenvalue weighted by molar-refractivity contribution is 5.72. The van der Waals surface area contributed by atoms with E-state index in [1.54, 1.807) is 0 Å². The second-order valence-corrected chi connectivity index (χ2v) is 2.94. The molecule has 0 heterocycles. The van der Waals surface area contributed by atoms with Crippen LogP contribution < -0.4 is 0 Å². The zero-order valence-corrected chi connectivity index (χ0v) is 6.71.